The van der Waals surface area contributed by atoms with Crippen molar-refractivity contribution in [2.75, 3.05) is 12.4 Å². The van der Waals surface area contributed by atoms with Gasteiger partial charge in [0.1, 0.15) is 5.75 Å². The highest BCUT2D eigenvalue weighted by molar-refractivity contribution is 5.47. The quantitative estimate of drug-likeness (QED) is 0.785. The first-order chi connectivity index (χ1) is 6.01. The first kappa shape index (κ1) is 9.77. The molecule has 1 aromatic rings. The van der Waals surface area contributed by atoms with Gasteiger partial charge in [-0.05, 0) is 12.1 Å². The Bertz CT molecular complexity index is 283. The number of hydrogen-bond acceptors (Lipinski definition) is 2. The van der Waals surface area contributed by atoms with Gasteiger partial charge in [0.25, 0.3) is 0 Å². The molecule has 4 heteroatoms. The monoisotopic (exact) mass is 187 g/mol. The van der Waals surface area contributed by atoms with Gasteiger partial charge in [-0.3, -0.25) is 0 Å². The zero-order valence-corrected chi connectivity index (χ0v) is 7.47. The molecular formula is C9H11F2NO. The molecule has 13 heavy (non-hydrogen) atoms. The molecule has 1 rings (SSSR count). The van der Waals surface area contributed by atoms with Crippen LogP contribution in [0.5, 0.6) is 5.75 Å². The summed E-state index contributed by atoms with van der Waals surface area (Å²) >= 11 is 0. The first-order valence-electron chi connectivity index (χ1n) is 3.86. The van der Waals surface area contributed by atoms with E-state index in [0.29, 0.717) is 6.92 Å². The predicted octanol–water partition coefficient (Wildman–Crippen LogP) is 2.72. The molecule has 0 spiro atoms. The van der Waals surface area contributed by atoms with Gasteiger partial charge in [-0.15, -0.1) is 0 Å². The molecule has 0 radical (unpaired) electrons. The standard InChI is InChI=1S/C9H11F2NO/c1-9(10,11)13-8-5-3-4-7(6-8)12-2/h3-6,12H,1-2H3. The molecule has 0 atom stereocenters. The van der Waals surface area contributed by atoms with Crippen LogP contribution in [-0.4, -0.2) is 13.2 Å². The van der Waals surface area contributed by atoms with Crippen LogP contribution in [0, 0.1) is 0 Å². The van der Waals surface area contributed by atoms with Gasteiger partial charge < -0.3 is 10.1 Å². The van der Waals surface area contributed by atoms with E-state index in [9.17, 15) is 8.78 Å². The van der Waals surface area contributed by atoms with E-state index in [-0.39, 0.29) is 5.75 Å². The highest BCUT2D eigenvalue weighted by Crippen LogP contribution is 2.23. The molecule has 0 amide bonds. The minimum absolute atomic E-state index is 0.152. The van der Waals surface area contributed by atoms with Crippen molar-refractivity contribution in [3.8, 4) is 5.75 Å². The fourth-order valence-electron chi connectivity index (χ4n) is 0.922. The zero-order chi connectivity index (χ0) is 9.90. The molecule has 1 aromatic carbocycles. The number of nitrogens with one attached hydrogen (secondary N) is 1. The van der Waals surface area contributed by atoms with Crippen molar-refractivity contribution in [2.45, 2.75) is 13.0 Å². The summed E-state index contributed by atoms with van der Waals surface area (Å²) in [7, 11) is 1.71. The Balaban J connectivity index is 2.78. The fourth-order valence-corrected chi connectivity index (χ4v) is 0.922. The van der Waals surface area contributed by atoms with E-state index < -0.39 is 6.11 Å². The highest BCUT2D eigenvalue weighted by Gasteiger charge is 2.22. The van der Waals surface area contributed by atoms with Gasteiger partial charge in [0.2, 0.25) is 0 Å². The van der Waals surface area contributed by atoms with Crippen molar-refractivity contribution in [2.24, 2.45) is 0 Å². The number of halogens is 2. The van der Waals surface area contributed by atoms with Gasteiger partial charge in [-0.2, -0.15) is 8.78 Å². The molecule has 0 saturated heterocycles. The van der Waals surface area contributed by atoms with Crippen molar-refractivity contribution in [1.29, 1.82) is 0 Å². The molecule has 0 saturated carbocycles. The lowest BCUT2D eigenvalue weighted by atomic mass is 10.3. The number of hydrogen-bond donors (Lipinski definition) is 1. The van der Waals surface area contributed by atoms with Crippen molar-refractivity contribution in [3.05, 3.63) is 24.3 Å². The van der Waals surface area contributed by atoms with Gasteiger partial charge in [-0.1, -0.05) is 6.07 Å². The Morgan fingerprint density at radius 3 is 2.62 bits per heavy atom. The summed E-state index contributed by atoms with van der Waals surface area (Å²) in [5.41, 5.74) is 0.738. The van der Waals surface area contributed by atoms with E-state index in [2.05, 4.69) is 10.1 Å². The molecule has 0 aromatic heterocycles. The molecule has 2 nitrogen and oxygen atoms in total. The molecule has 0 aliphatic rings. The van der Waals surface area contributed by atoms with Crippen LogP contribution < -0.4 is 10.1 Å². The van der Waals surface area contributed by atoms with Crippen LogP contribution in [0.3, 0.4) is 0 Å². The molecule has 0 aliphatic carbocycles. The minimum Gasteiger partial charge on any atom is -0.433 e. The Labute approximate surface area is 75.5 Å². The van der Waals surface area contributed by atoms with E-state index in [1.165, 1.54) is 12.1 Å². The summed E-state index contributed by atoms with van der Waals surface area (Å²) in [5.74, 6) is 0.152. The Morgan fingerprint density at radius 2 is 2.08 bits per heavy atom. The summed E-state index contributed by atoms with van der Waals surface area (Å²) in [6.07, 6.45) is -3.13. The van der Waals surface area contributed by atoms with Crippen LogP contribution in [0.4, 0.5) is 14.5 Å². The number of alkyl halides is 2. The summed E-state index contributed by atoms with van der Waals surface area (Å²) in [4.78, 5) is 0. The number of rotatable bonds is 3. The van der Waals surface area contributed by atoms with Crippen molar-refractivity contribution >= 4 is 5.69 Å². The molecule has 72 valence electrons. The second-order valence-corrected chi connectivity index (χ2v) is 2.69. The topological polar surface area (TPSA) is 21.3 Å². The van der Waals surface area contributed by atoms with E-state index in [4.69, 9.17) is 0 Å². The number of ether oxygens (including phenoxy) is 1. The second-order valence-electron chi connectivity index (χ2n) is 2.69. The fraction of sp³-hybridized carbons (Fsp3) is 0.333. The molecule has 0 fully saturated rings. The maximum absolute atomic E-state index is 12.4. The van der Waals surface area contributed by atoms with Crippen LogP contribution in [0.2, 0.25) is 0 Å². The lowest BCUT2D eigenvalue weighted by molar-refractivity contribution is -0.158. The average Bonchev–Trinajstić information content (AvgIpc) is 2.01. The van der Waals surface area contributed by atoms with Gasteiger partial charge >= 0.3 is 6.11 Å². The lowest BCUT2D eigenvalue weighted by Crippen LogP contribution is -2.19. The summed E-state index contributed by atoms with van der Waals surface area (Å²) in [5, 5.41) is 2.83. The highest BCUT2D eigenvalue weighted by atomic mass is 19.3. The molecular weight excluding hydrogens is 176 g/mol. The van der Waals surface area contributed by atoms with Crippen LogP contribution in [0.15, 0.2) is 24.3 Å². The van der Waals surface area contributed by atoms with Crippen molar-refractivity contribution in [3.63, 3.8) is 0 Å². The van der Waals surface area contributed by atoms with Crippen molar-refractivity contribution in [1.82, 2.24) is 0 Å². The second kappa shape index (κ2) is 3.60. The summed E-state index contributed by atoms with van der Waals surface area (Å²) < 4.78 is 29.2. The van der Waals surface area contributed by atoms with Gasteiger partial charge in [0.15, 0.2) is 0 Å². The number of anilines is 1. The van der Waals surface area contributed by atoms with E-state index in [1.54, 1.807) is 19.2 Å². The predicted molar refractivity (Wildman–Crippen MR) is 47.2 cm³/mol. The normalized spacial score (nSPS) is 11.1. The van der Waals surface area contributed by atoms with Gasteiger partial charge in [0, 0.05) is 25.7 Å². The van der Waals surface area contributed by atoms with E-state index >= 15 is 0 Å². The maximum atomic E-state index is 12.4. The largest absolute Gasteiger partial charge is 0.433 e. The first-order valence-corrected chi connectivity index (χ1v) is 3.86. The molecule has 1 N–H and O–H groups in total. The molecule has 0 unspecified atom stereocenters. The van der Waals surface area contributed by atoms with Gasteiger partial charge in [0.05, 0.1) is 0 Å². The van der Waals surface area contributed by atoms with Gasteiger partial charge in [-0.25, -0.2) is 0 Å². The third-order valence-corrected chi connectivity index (χ3v) is 1.42. The third kappa shape index (κ3) is 3.27. The van der Waals surface area contributed by atoms with E-state index in [1.807, 2.05) is 0 Å². The van der Waals surface area contributed by atoms with Crippen LogP contribution in [0.1, 0.15) is 6.92 Å². The smallest absolute Gasteiger partial charge is 0.394 e. The molecule has 0 aliphatic heterocycles. The average molecular weight is 187 g/mol. The van der Waals surface area contributed by atoms with Crippen molar-refractivity contribution < 1.29 is 13.5 Å². The molecule has 0 bridgehead atoms. The maximum Gasteiger partial charge on any atom is 0.394 e. The SMILES string of the molecule is CNc1cccc(OC(C)(F)F)c1. The Kier molecular flexibility index (Phi) is 2.70. The van der Waals surface area contributed by atoms with E-state index in [0.717, 1.165) is 5.69 Å². The lowest BCUT2D eigenvalue weighted by Gasteiger charge is -2.13. The number of benzene rings is 1. The zero-order valence-electron chi connectivity index (χ0n) is 7.47. The minimum atomic E-state index is -3.13. The third-order valence-electron chi connectivity index (χ3n) is 1.42. The van der Waals surface area contributed by atoms with Crippen LogP contribution in [0.25, 0.3) is 0 Å². The summed E-state index contributed by atoms with van der Waals surface area (Å²) in [6, 6.07) is 6.41. The summed E-state index contributed by atoms with van der Waals surface area (Å²) in [6.45, 7) is 0.707. The Morgan fingerprint density at radius 1 is 1.38 bits per heavy atom. The van der Waals surface area contributed by atoms with Crippen LogP contribution in [-0.2, 0) is 0 Å². The molecule has 0 heterocycles. The Hall–Kier alpha value is -1.32. The van der Waals surface area contributed by atoms with Crippen LogP contribution >= 0.6 is 0 Å².